The Labute approximate surface area is 224 Å². The summed E-state index contributed by atoms with van der Waals surface area (Å²) >= 11 is 0. The molecule has 0 aromatic heterocycles. The maximum absolute atomic E-state index is 2.34. The normalized spacial score (nSPS) is 11.6. The third kappa shape index (κ3) is 24.0. The van der Waals surface area contributed by atoms with Crippen molar-refractivity contribution in [2.24, 2.45) is 0 Å². The van der Waals surface area contributed by atoms with Gasteiger partial charge in [-0.3, -0.25) is 0 Å². The van der Waals surface area contributed by atoms with Crippen molar-refractivity contribution in [3.05, 3.63) is 0 Å². The van der Waals surface area contributed by atoms with Crippen LogP contribution in [0.5, 0.6) is 0 Å². The Kier molecular flexibility index (Phi) is 31.6. The molecule has 0 atom stereocenters. The Morgan fingerprint density at radius 1 is 0.265 bits per heavy atom. The molecule has 0 heterocycles. The van der Waals surface area contributed by atoms with Gasteiger partial charge in [-0.1, -0.05) is 130 Å². The van der Waals surface area contributed by atoms with E-state index in [9.17, 15) is 0 Å². The standard InChI is InChI=1S/C32H68N.ClH/c1-5-9-13-17-18-19-20-24-28-32-33(29-25-21-14-10-6-2,30-26-22-15-11-7-3)31-27-23-16-12-8-4;/h5-32H2,1-4H3;1H/q+1;/p-1. The summed E-state index contributed by atoms with van der Waals surface area (Å²) in [5.41, 5.74) is 0. The van der Waals surface area contributed by atoms with Gasteiger partial charge in [0.1, 0.15) is 0 Å². The van der Waals surface area contributed by atoms with Crippen molar-refractivity contribution >= 4 is 0 Å². The summed E-state index contributed by atoms with van der Waals surface area (Å²) in [5, 5.41) is 0. The summed E-state index contributed by atoms with van der Waals surface area (Å²) in [6, 6.07) is 0. The summed E-state index contributed by atoms with van der Waals surface area (Å²) in [6.45, 7) is 15.3. The van der Waals surface area contributed by atoms with Gasteiger partial charge in [0, 0.05) is 0 Å². The molecule has 0 aliphatic rings. The van der Waals surface area contributed by atoms with Gasteiger partial charge in [-0.15, -0.1) is 0 Å². The van der Waals surface area contributed by atoms with Crippen molar-refractivity contribution in [3.63, 3.8) is 0 Å². The quantitative estimate of drug-likeness (QED) is 0.0747. The van der Waals surface area contributed by atoms with E-state index in [1.165, 1.54) is 185 Å². The first-order chi connectivity index (χ1) is 16.2. The smallest absolute Gasteiger partial charge is 0.0786 e. The van der Waals surface area contributed by atoms with Crippen LogP contribution >= 0.6 is 0 Å². The van der Waals surface area contributed by atoms with E-state index in [1.54, 1.807) is 0 Å². The Bertz CT molecular complexity index is 321. The van der Waals surface area contributed by atoms with Crippen molar-refractivity contribution in [1.82, 2.24) is 0 Å². The van der Waals surface area contributed by atoms with Crippen LogP contribution < -0.4 is 12.4 Å². The molecule has 0 N–H and O–H groups in total. The molecule has 0 radical (unpaired) electrons. The van der Waals surface area contributed by atoms with Crippen molar-refractivity contribution in [3.8, 4) is 0 Å². The topological polar surface area (TPSA) is 0 Å². The molecule has 0 aromatic carbocycles. The number of nitrogens with zero attached hydrogens (tertiary/aromatic N) is 1. The molecule has 0 rings (SSSR count). The van der Waals surface area contributed by atoms with E-state index >= 15 is 0 Å². The number of rotatable bonds is 28. The number of hydrogen-bond acceptors (Lipinski definition) is 0. The van der Waals surface area contributed by atoms with Crippen LogP contribution in [0.2, 0.25) is 0 Å². The minimum absolute atomic E-state index is 0. The minimum atomic E-state index is 0. The van der Waals surface area contributed by atoms with Crippen LogP contribution in [0.15, 0.2) is 0 Å². The Morgan fingerprint density at radius 3 is 0.647 bits per heavy atom. The summed E-state index contributed by atoms with van der Waals surface area (Å²) in [6.07, 6.45) is 34.8. The van der Waals surface area contributed by atoms with Crippen LogP contribution in [0.4, 0.5) is 0 Å². The third-order valence-corrected chi connectivity index (χ3v) is 7.94. The van der Waals surface area contributed by atoms with Crippen LogP contribution in [0.25, 0.3) is 0 Å². The van der Waals surface area contributed by atoms with E-state index in [0.717, 1.165) is 0 Å². The lowest BCUT2D eigenvalue weighted by molar-refractivity contribution is -0.929. The SMILES string of the molecule is CCCCCCCCCCC[N+](CCCCCCC)(CCCCCCC)CCCCCCC.[Cl-]. The second-order valence-electron chi connectivity index (χ2n) is 11.3. The third-order valence-electron chi connectivity index (χ3n) is 7.94. The highest BCUT2D eigenvalue weighted by Gasteiger charge is 2.25. The average Bonchev–Trinajstić information content (AvgIpc) is 2.82. The lowest BCUT2D eigenvalue weighted by Gasteiger charge is -2.40. The number of halogens is 1. The molecule has 0 spiro atoms. The van der Waals surface area contributed by atoms with Crippen molar-refractivity contribution in [2.45, 2.75) is 182 Å². The van der Waals surface area contributed by atoms with Crippen LogP contribution in [0.3, 0.4) is 0 Å². The summed E-state index contributed by atoms with van der Waals surface area (Å²) in [7, 11) is 0. The molecule has 0 aliphatic carbocycles. The first-order valence-corrected chi connectivity index (χ1v) is 16.1. The zero-order valence-corrected chi connectivity index (χ0v) is 25.4. The van der Waals surface area contributed by atoms with E-state index < -0.39 is 0 Å². The molecular weight excluding hydrogens is 434 g/mol. The molecule has 34 heavy (non-hydrogen) atoms. The highest BCUT2D eigenvalue weighted by Crippen LogP contribution is 2.20. The molecule has 0 fully saturated rings. The molecule has 208 valence electrons. The number of unbranched alkanes of at least 4 members (excludes halogenated alkanes) is 20. The van der Waals surface area contributed by atoms with Gasteiger partial charge in [0.2, 0.25) is 0 Å². The molecule has 0 unspecified atom stereocenters. The van der Waals surface area contributed by atoms with Gasteiger partial charge >= 0.3 is 0 Å². The van der Waals surface area contributed by atoms with Gasteiger partial charge < -0.3 is 16.9 Å². The Hall–Kier alpha value is 0.250. The molecule has 0 bridgehead atoms. The zero-order valence-electron chi connectivity index (χ0n) is 24.6. The van der Waals surface area contributed by atoms with E-state index in [4.69, 9.17) is 0 Å². The van der Waals surface area contributed by atoms with Crippen molar-refractivity contribution < 1.29 is 16.9 Å². The van der Waals surface area contributed by atoms with E-state index in [0.29, 0.717) is 0 Å². The van der Waals surface area contributed by atoms with E-state index in [2.05, 4.69) is 27.7 Å². The zero-order chi connectivity index (χ0) is 24.3. The number of hydrogen-bond donors (Lipinski definition) is 0. The van der Waals surface area contributed by atoms with Crippen LogP contribution in [-0.2, 0) is 0 Å². The fourth-order valence-electron chi connectivity index (χ4n) is 5.58. The molecule has 0 saturated carbocycles. The van der Waals surface area contributed by atoms with Gasteiger partial charge in [-0.05, 0) is 51.4 Å². The summed E-state index contributed by atoms with van der Waals surface area (Å²) in [4.78, 5) is 0. The lowest BCUT2D eigenvalue weighted by Crippen LogP contribution is -3.00. The van der Waals surface area contributed by atoms with Crippen molar-refractivity contribution in [1.29, 1.82) is 0 Å². The van der Waals surface area contributed by atoms with E-state index in [-0.39, 0.29) is 12.4 Å². The predicted molar refractivity (Wildman–Crippen MR) is 153 cm³/mol. The largest absolute Gasteiger partial charge is 1.00 e. The first kappa shape index (κ1) is 36.4. The summed E-state index contributed by atoms with van der Waals surface area (Å²) < 4.78 is 1.47. The highest BCUT2D eigenvalue weighted by molar-refractivity contribution is 4.55. The summed E-state index contributed by atoms with van der Waals surface area (Å²) in [5.74, 6) is 0. The predicted octanol–water partition coefficient (Wildman–Crippen LogP) is 8.25. The second-order valence-corrected chi connectivity index (χ2v) is 11.3. The van der Waals surface area contributed by atoms with Crippen LogP contribution in [-0.4, -0.2) is 30.7 Å². The fourth-order valence-corrected chi connectivity index (χ4v) is 5.58. The van der Waals surface area contributed by atoms with Gasteiger partial charge in [0.05, 0.1) is 26.2 Å². The fraction of sp³-hybridized carbons (Fsp3) is 1.00. The maximum atomic E-state index is 2.34. The van der Waals surface area contributed by atoms with Crippen LogP contribution in [0, 0.1) is 0 Å². The van der Waals surface area contributed by atoms with Gasteiger partial charge in [-0.25, -0.2) is 0 Å². The lowest BCUT2D eigenvalue weighted by atomic mass is 10.0. The van der Waals surface area contributed by atoms with Gasteiger partial charge in [0.25, 0.3) is 0 Å². The molecule has 1 nitrogen and oxygen atoms in total. The molecular formula is C32H68ClN. The molecule has 2 heteroatoms. The highest BCUT2D eigenvalue weighted by atomic mass is 35.5. The van der Waals surface area contributed by atoms with Gasteiger partial charge in [0.15, 0.2) is 0 Å². The minimum Gasteiger partial charge on any atom is -1.00 e. The van der Waals surface area contributed by atoms with E-state index in [1.807, 2.05) is 0 Å². The van der Waals surface area contributed by atoms with Crippen LogP contribution in [0.1, 0.15) is 182 Å². The van der Waals surface area contributed by atoms with Crippen molar-refractivity contribution in [2.75, 3.05) is 26.2 Å². The molecule has 0 aliphatic heterocycles. The molecule has 0 saturated heterocycles. The van der Waals surface area contributed by atoms with Gasteiger partial charge in [-0.2, -0.15) is 0 Å². The average molecular weight is 502 g/mol. The molecule has 0 amide bonds. The first-order valence-electron chi connectivity index (χ1n) is 16.1. The Morgan fingerprint density at radius 2 is 0.441 bits per heavy atom. The second kappa shape index (κ2) is 29.5. The molecule has 0 aromatic rings. The Balaban J connectivity index is 0. The maximum Gasteiger partial charge on any atom is 0.0786 e. The number of quaternary nitrogens is 1. The monoisotopic (exact) mass is 502 g/mol.